The van der Waals surface area contributed by atoms with Gasteiger partial charge in [0.2, 0.25) is 0 Å². The van der Waals surface area contributed by atoms with Gasteiger partial charge in [0.25, 0.3) is 0 Å². The number of halogens is 7. The third-order valence-electron chi connectivity index (χ3n) is 5.69. The third-order valence-corrected chi connectivity index (χ3v) is 6.53. The van der Waals surface area contributed by atoms with Gasteiger partial charge in [0.15, 0.2) is 11.3 Å². The van der Waals surface area contributed by atoms with E-state index < -0.39 is 30.0 Å². The highest BCUT2D eigenvalue weighted by atomic mass is 32.2. The number of pyridine rings is 1. The van der Waals surface area contributed by atoms with E-state index in [0.717, 1.165) is 24.4 Å². The predicted octanol–water partition coefficient (Wildman–Crippen LogP) is 6.71. The zero-order valence-electron chi connectivity index (χ0n) is 20.0. The van der Waals surface area contributed by atoms with Crippen LogP contribution in [-0.4, -0.2) is 47.4 Å². The molecule has 4 aromatic heterocycles. The van der Waals surface area contributed by atoms with E-state index in [1.807, 2.05) is 6.92 Å². The van der Waals surface area contributed by atoms with Crippen LogP contribution < -0.4 is 4.74 Å². The van der Waals surface area contributed by atoms with Crippen molar-refractivity contribution in [3.05, 3.63) is 54.4 Å². The Morgan fingerprint density at radius 3 is 2.36 bits per heavy atom. The maximum atomic E-state index is 13.3. The zero-order chi connectivity index (χ0) is 28.1. The number of nitrogens with zero attached hydrogens (tertiary/aromatic N) is 6. The van der Waals surface area contributed by atoms with E-state index in [1.54, 1.807) is 17.7 Å². The summed E-state index contributed by atoms with van der Waals surface area (Å²) in [5, 5.41) is 5.14. The molecule has 5 rings (SSSR count). The lowest BCUT2D eigenvalue weighted by atomic mass is 10.1. The van der Waals surface area contributed by atoms with Crippen LogP contribution in [0.15, 0.2) is 53.8 Å². The SMILES string of the molecule is CCSc1nn2c(-c3ccc(OC(F)(F)C(F)F)cc3)ccnc2c1-c1nc2cc(C(F)(F)F)cnc2n1C. The quantitative estimate of drug-likeness (QED) is 0.160. The van der Waals surface area contributed by atoms with E-state index in [-0.39, 0.29) is 11.2 Å². The number of aromatic nitrogens is 6. The minimum Gasteiger partial charge on any atom is -0.428 e. The van der Waals surface area contributed by atoms with Crippen LogP contribution in [0.3, 0.4) is 0 Å². The van der Waals surface area contributed by atoms with Gasteiger partial charge in [0.05, 0.1) is 16.8 Å². The molecule has 0 spiro atoms. The second-order valence-corrected chi connectivity index (χ2v) is 9.48. The molecule has 15 heteroatoms. The normalized spacial score (nSPS) is 12.7. The molecular weight excluding hydrogens is 553 g/mol. The second kappa shape index (κ2) is 9.70. The van der Waals surface area contributed by atoms with Crippen molar-refractivity contribution in [2.75, 3.05) is 5.75 Å². The van der Waals surface area contributed by atoms with Crippen molar-refractivity contribution >= 4 is 28.6 Å². The number of hydrogen-bond donors (Lipinski definition) is 0. The molecular formula is C24H17F7N6OS. The first-order chi connectivity index (χ1) is 18.4. The van der Waals surface area contributed by atoms with Crippen LogP contribution in [-0.2, 0) is 13.2 Å². The molecule has 0 unspecified atom stereocenters. The van der Waals surface area contributed by atoms with Crippen LogP contribution in [0.2, 0.25) is 0 Å². The largest absolute Gasteiger partial charge is 0.461 e. The summed E-state index contributed by atoms with van der Waals surface area (Å²) < 4.78 is 98.4. The lowest BCUT2D eigenvalue weighted by Crippen LogP contribution is -2.33. The van der Waals surface area contributed by atoms with Gasteiger partial charge in [0.1, 0.15) is 22.1 Å². The Balaban J connectivity index is 1.62. The summed E-state index contributed by atoms with van der Waals surface area (Å²) in [5.41, 5.74) is 1.11. The molecule has 0 bridgehead atoms. The van der Waals surface area contributed by atoms with Gasteiger partial charge in [-0.05, 0) is 42.2 Å². The number of aryl methyl sites for hydroxylation is 1. The molecule has 0 aliphatic heterocycles. The monoisotopic (exact) mass is 570 g/mol. The predicted molar refractivity (Wildman–Crippen MR) is 129 cm³/mol. The summed E-state index contributed by atoms with van der Waals surface area (Å²) in [4.78, 5) is 12.8. The van der Waals surface area contributed by atoms with Gasteiger partial charge in [-0.2, -0.15) is 35.8 Å². The maximum Gasteiger partial charge on any atom is 0.461 e. The summed E-state index contributed by atoms with van der Waals surface area (Å²) in [7, 11) is 1.62. The molecule has 7 nitrogen and oxygen atoms in total. The van der Waals surface area contributed by atoms with Crippen LogP contribution in [0.4, 0.5) is 30.7 Å². The average molecular weight is 570 g/mol. The summed E-state index contributed by atoms with van der Waals surface area (Å²) in [6.45, 7) is 1.90. The highest BCUT2D eigenvalue weighted by molar-refractivity contribution is 7.99. The number of alkyl halides is 7. The van der Waals surface area contributed by atoms with E-state index in [0.29, 0.717) is 39.1 Å². The topological polar surface area (TPSA) is 70.1 Å². The van der Waals surface area contributed by atoms with Crippen LogP contribution in [0.1, 0.15) is 12.5 Å². The smallest absolute Gasteiger partial charge is 0.428 e. The molecule has 0 atom stereocenters. The Bertz CT molecular complexity index is 1660. The van der Waals surface area contributed by atoms with Crippen molar-refractivity contribution in [3.63, 3.8) is 0 Å². The maximum absolute atomic E-state index is 13.3. The Labute approximate surface area is 219 Å². The lowest BCUT2D eigenvalue weighted by molar-refractivity contribution is -0.253. The van der Waals surface area contributed by atoms with Crippen molar-refractivity contribution < 1.29 is 35.5 Å². The van der Waals surface area contributed by atoms with E-state index in [1.165, 1.54) is 34.6 Å². The Morgan fingerprint density at radius 1 is 1.00 bits per heavy atom. The minimum absolute atomic E-state index is 0.0430. The average Bonchev–Trinajstić information content (AvgIpc) is 3.40. The van der Waals surface area contributed by atoms with Crippen molar-refractivity contribution in [3.8, 4) is 28.4 Å². The number of ether oxygens (including phenoxy) is 1. The molecule has 4 heterocycles. The summed E-state index contributed by atoms with van der Waals surface area (Å²) in [6.07, 6.45) is -11.0. The Kier molecular flexibility index (Phi) is 6.64. The number of hydrogen-bond acceptors (Lipinski definition) is 6. The van der Waals surface area contributed by atoms with Gasteiger partial charge >= 0.3 is 18.7 Å². The molecule has 0 N–H and O–H groups in total. The van der Waals surface area contributed by atoms with Gasteiger partial charge in [0, 0.05) is 25.0 Å². The summed E-state index contributed by atoms with van der Waals surface area (Å²) in [5.74, 6) is 0.449. The van der Waals surface area contributed by atoms with Crippen LogP contribution in [0, 0.1) is 0 Å². The van der Waals surface area contributed by atoms with E-state index in [9.17, 15) is 30.7 Å². The first-order valence-electron chi connectivity index (χ1n) is 11.3. The van der Waals surface area contributed by atoms with E-state index in [2.05, 4.69) is 24.8 Å². The lowest BCUT2D eigenvalue weighted by Gasteiger charge is -2.16. The third kappa shape index (κ3) is 4.86. The molecule has 0 saturated heterocycles. The molecule has 1 aromatic carbocycles. The Morgan fingerprint density at radius 2 is 1.72 bits per heavy atom. The van der Waals surface area contributed by atoms with Crippen molar-refractivity contribution in [2.45, 2.75) is 30.7 Å². The molecule has 0 aliphatic rings. The van der Waals surface area contributed by atoms with Gasteiger partial charge < -0.3 is 9.30 Å². The van der Waals surface area contributed by atoms with Crippen LogP contribution in [0.5, 0.6) is 5.75 Å². The zero-order valence-corrected chi connectivity index (χ0v) is 20.9. The van der Waals surface area contributed by atoms with Gasteiger partial charge in [-0.3, -0.25) is 0 Å². The first-order valence-corrected chi connectivity index (χ1v) is 12.2. The molecule has 0 saturated carbocycles. The van der Waals surface area contributed by atoms with Gasteiger partial charge in [-0.25, -0.2) is 19.5 Å². The number of rotatable bonds is 7. The van der Waals surface area contributed by atoms with Crippen molar-refractivity contribution in [2.24, 2.45) is 7.05 Å². The summed E-state index contributed by atoms with van der Waals surface area (Å²) >= 11 is 1.36. The van der Waals surface area contributed by atoms with Crippen molar-refractivity contribution in [1.29, 1.82) is 0 Å². The van der Waals surface area contributed by atoms with Gasteiger partial charge in [-0.15, -0.1) is 11.8 Å². The number of thioether (sulfide) groups is 1. The van der Waals surface area contributed by atoms with Crippen LogP contribution >= 0.6 is 11.8 Å². The minimum atomic E-state index is -4.64. The molecule has 0 amide bonds. The highest BCUT2D eigenvalue weighted by Gasteiger charge is 2.44. The Hall–Kier alpha value is -3.88. The second-order valence-electron chi connectivity index (χ2n) is 8.23. The van der Waals surface area contributed by atoms with E-state index >= 15 is 0 Å². The highest BCUT2D eigenvalue weighted by Crippen LogP contribution is 2.37. The molecule has 0 aliphatic carbocycles. The molecule has 204 valence electrons. The fourth-order valence-corrected chi connectivity index (χ4v) is 4.67. The molecule has 0 fully saturated rings. The first kappa shape index (κ1) is 26.7. The molecule has 0 radical (unpaired) electrons. The fraction of sp³-hybridized carbons (Fsp3) is 0.250. The number of imidazole rings is 1. The number of benzene rings is 1. The van der Waals surface area contributed by atoms with Gasteiger partial charge in [-0.1, -0.05) is 6.92 Å². The summed E-state index contributed by atoms with van der Waals surface area (Å²) in [6, 6.07) is 7.58. The van der Waals surface area contributed by atoms with Crippen LogP contribution in [0.25, 0.3) is 39.5 Å². The fourth-order valence-electron chi connectivity index (χ4n) is 3.93. The standard InChI is InChI=1S/C24H17F7N6OS/c1-3-39-21-17(20-34-15-10-13(23(27,28)29)11-33-18(15)36(20)2)19-32-9-8-16(37(19)35-21)12-4-6-14(7-5-12)38-24(30,31)22(25)26/h4-11,22H,3H2,1-2H3. The van der Waals surface area contributed by atoms with E-state index in [4.69, 9.17) is 0 Å². The molecule has 39 heavy (non-hydrogen) atoms. The van der Waals surface area contributed by atoms with Crippen molar-refractivity contribution in [1.82, 2.24) is 29.1 Å². The molecule has 5 aromatic rings. The number of fused-ring (bicyclic) bond motifs is 2.